The lowest BCUT2D eigenvalue weighted by atomic mass is 10.1. The first-order valence-corrected chi connectivity index (χ1v) is 39.9. The van der Waals surface area contributed by atoms with E-state index in [1.165, 1.54) is 64.6 Å². The number of hydrogen-bond donors (Lipinski definition) is 0. The Labute approximate surface area is 750 Å². The van der Waals surface area contributed by atoms with Gasteiger partial charge in [-0.1, -0.05) is 311 Å². The summed E-state index contributed by atoms with van der Waals surface area (Å²) in [5.41, 5.74) is 12.4. The lowest BCUT2D eigenvalue weighted by Gasteiger charge is -2.01. The van der Waals surface area contributed by atoms with E-state index in [0.717, 1.165) is 87.7 Å². The average Bonchev–Trinajstić information content (AvgIpc) is 0.795. The van der Waals surface area contributed by atoms with Gasteiger partial charge in [0, 0.05) is 162 Å². The SMILES string of the molecule is C.C.C.C.C.C.c1ccc2c(c1)cnc1ccccc12.c1ccc2c(c1)cnc1ccccc12.c1ccc2nc3ccccc3cc2c1.c1ccc2nc3ccccc3cc2c1.c1ccc2nc3ccccc3cc2c1.c1ccncc1.c1ccncc1.c1ccncc1.c1ccncc1.c1cnc2c(c1)ccc1cccnc12.c1cnc2c(c1)ccc1cccnc12. The fourth-order valence-electron chi connectivity index (χ4n) is 13.4. The topological polar surface area (TPSA) is 168 Å². The van der Waals surface area contributed by atoms with Crippen LogP contribution in [0.4, 0.5) is 0 Å². The van der Waals surface area contributed by atoms with Gasteiger partial charge in [-0.25, -0.2) is 15.0 Å². The number of aromatic nitrogens is 13. The van der Waals surface area contributed by atoms with Gasteiger partial charge in [-0.15, -0.1) is 0 Å². The molecule has 630 valence electrons. The summed E-state index contributed by atoms with van der Waals surface area (Å²) >= 11 is 0. The molecule has 13 nitrogen and oxygen atoms in total. The summed E-state index contributed by atoms with van der Waals surface area (Å²) in [4.78, 5) is 55.1. The molecule has 0 saturated carbocycles. The first-order chi connectivity index (χ1) is 60.6. The molecule has 0 bridgehead atoms. The van der Waals surface area contributed by atoms with Crippen molar-refractivity contribution in [1.29, 1.82) is 0 Å². The molecule has 25 rings (SSSR count). The van der Waals surface area contributed by atoms with Crippen LogP contribution in [0.5, 0.6) is 0 Å². The predicted molar refractivity (Wildman–Crippen MR) is 548 cm³/mol. The fourth-order valence-corrected chi connectivity index (χ4v) is 13.4. The zero-order valence-corrected chi connectivity index (χ0v) is 66.6. The second kappa shape index (κ2) is 50.6. The Balaban J connectivity index is 0.000000160. The van der Waals surface area contributed by atoms with Gasteiger partial charge in [-0.3, -0.25) is 49.8 Å². The molecular formula is C115H105N13. The van der Waals surface area contributed by atoms with E-state index >= 15 is 0 Å². The fraction of sp³-hybridized carbons (Fsp3) is 0.0522. The highest BCUT2D eigenvalue weighted by Gasteiger charge is 2.06. The lowest BCUT2D eigenvalue weighted by Crippen LogP contribution is -1.83. The van der Waals surface area contributed by atoms with Gasteiger partial charge in [0.25, 0.3) is 0 Å². The average molecular weight is 1670 g/mol. The monoisotopic (exact) mass is 1670 g/mol. The Morgan fingerprint density at radius 2 is 0.312 bits per heavy atom. The molecule has 13 heteroatoms. The molecule has 0 radical (unpaired) electrons. The largest absolute Gasteiger partial charge is 0.265 e. The van der Waals surface area contributed by atoms with E-state index < -0.39 is 0 Å². The molecule has 13 heterocycles. The quantitative estimate of drug-likeness (QED) is 0.104. The molecule has 25 aromatic rings. The normalized spacial score (nSPS) is 9.81. The summed E-state index contributed by atoms with van der Waals surface area (Å²) in [5, 5.41) is 19.2. The summed E-state index contributed by atoms with van der Waals surface area (Å²) in [6.07, 6.45) is 25.1. The van der Waals surface area contributed by atoms with Gasteiger partial charge in [0.05, 0.1) is 66.2 Å². The van der Waals surface area contributed by atoms with Crippen LogP contribution in [-0.2, 0) is 0 Å². The first-order valence-electron chi connectivity index (χ1n) is 39.9. The highest BCUT2D eigenvalue weighted by Crippen LogP contribution is 2.28. The van der Waals surface area contributed by atoms with Crippen LogP contribution in [0.15, 0.2) is 493 Å². The van der Waals surface area contributed by atoms with Gasteiger partial charge in [0.1, 0.15) is 0 Å². The summed E-state index contributed by atoms with van der Waals surface area (Å²) < 4.78 is 0. The third-order valence-corrected chi connectivity index (χ3v) is 19.2. The maximum atomic E-state index is 4.58. The summed E-state index contributed by atoms with van der Waals surface area (Å²) in [5.74, 6) is 0. The van der Waals surface area contributed by atoms with Crippen molar-refractivity contribution < 1.29 is 0 Å². The van der Waals surface area contributed by atoms with Crippen molar-refractivity contribution in [3.63, 3.8) is 0 Å². The van der Waals surface area contributed by atoms with Gasteiger partial charge in [0.2, 0.25) is 0 Å². The molecule has 0 aliphatic heterocycles. The summed E-state index contributed by atoms with van der Waals surface area (Å²) in [6, 6.07) is 136. The molecule has 0 unspecified atom stereocenters. The van der Waals surface area contributed by atoms with Crippen molar-refractivity contribution in [2.75, 3.05) is 0 Å². The molecule has 0 saturated heterocycles. The summed E-state index contributed by atoms with van der Waals surface area (Å²) in [7, 11) is 0. The molecule has 13 aromatic heterocycles. The zero-order valence-electron chi connectivity index (χ0n) is 66.6. The number of nitrogens with zero attached hydrogens (tertiary/aromatic N) is 13. The zero-order chi connectivity index (χ0) is 82.6. The first kappa shape index (κ1) is 95.1. The molecule has 0 aliphatic carbocycles. The van der Waals surface area contributed by atoms with E-state index in [1.807, 2.05) is 255 Å². The number of fused-ring (bicyclic) bond motifs is 18. The number of benzene rings is 12. The Kier molecular flexibility index (Phi) is 37.6. The molecule has 12 aromatic carbocycles. The Morgan fingerprint density at radius 1 is 0.125 bits per heavy atom. The summed E-state index contributed by atoms with van der Waals surface area (Å²) in [6.45, 7) is 0. The molecule has 0 spiro atoms. The minimum Gasteiger partial charge on any atom is -0.265 e. The van der Waals surface area contributed by atoms with Crippen LogP contribution in [0.1, 0.15) is 44.6 Å². The minimum absolute atomic E-state index is 0. The van der Waals surface area contributed by atoms with Crippen LogP contribution in [0.2, 0.25) is 0 Å². The standard InChI is InChI=1S/5C13H9N.2C12H8N2.4C5H5N.6CH4/c3*1-3-7-12-10(5-1)9-11-6-2-4-8-13(11)14-12;2*1-2-6-11-10(5-1)9-14-13-8-4-3-7-12(11)13;2*1-3-9-5-6-10-4-2-8-14-12(10)11(9)13-7-1;4*1-2-4-6-5-3-1;;;;;;/h5*1-9H;2*1-8H;4*1-5H;6*1H4. The van der Waals surface area contributed by atoms with E-state index in [9.17, 15) is 0 Å². The Morgan fingerprint density at radius 3 is 0.523 bits per heavy atom. The van der Waals surface area contributed by atoms with E-state index in [4.69, 9.17) is 0 Å². The van der Waals surface area contributed by atoms with Crippen molar-refractivity contribution in [2.45, 2.75) is 44.6 Å². The number of pyridine rings is 13. The second-order valence-corrected chi connectivity index (χ2v) is 27.4. The molecule has 0 N–H and O–H groups in total. The van der Waals surface area contributed by atoms with Crippen LogP contribution in [0.3, 0.4) is 0 Å². The second-order valence-electron chi connectivity index (χ2n) is 27.4. The van der Waals surface area contributed by atoms with Gasteiger partial charge in [-0.05, 0) is 150 Å². The van der Waals surface area contributed by atoms with Gasteiger partial charge < -0.3 is 0 Å². The van der Waals surface area contributed by atoms with Crippen molar-refractivity contribution in [2.24, 2.45) is 0 Å². The smallest absolute Gasteiger partial charge is 0.0964 e. The van der Waals surface area contributed by atoms with Crippen LogP contribution < -0.4 is 0 Å². The van der Waals surface area contributed by atoms with E-state index in [0.29, 0.717) is 0 Å². The third-order valence-electron chi connectivity index (χ3n) is 19.2. The van der Waals surface area contributed by atoms with Crippen molar-refractivity contribution in [3.8, 4) is 0 Å². The number of hydrogen-bond acceptors (Lipinski definition) is 13. The lowest BCUT2D eigenvalue weighted by molar-refractivity contribution is 1.33. The molecule has 128 heavy (non-hydrogen) atoms. The van der Waals surface area contributed by atoms with E-state index in [1.54, 1.807) is 74.4 Å². The maximum absolute atomic E-state index is 4.58. The van der Waals surface area contributed by atoms with Gasteiger partial charge >= 0.3 is 0 Å². The third kappa shape index (κ3) is 26.1. The van der Waals surface area contributed by atoms with Crippen LogP contribution in [-0.4, -0.2) is 64.8 Å². The highest BCUT2D eigenvalue weighted by atomic mass is 14.7. The van der Waals surface area contributed by atoms with Crippen LogP contribution >= 0.6 is 0 Å². The van der Waals surface area contributed by atoms with Gasteiger partial charge in [0.15, 0.2) is 0 Å². The molecule has 0 aliphatic rings. The molecular weight excluding hydrogens is 1560 g/mol. The Bertz CT molecular complexity index is 6040. The van der Waals surface area contributed by atoms with E-state index in [-0.39, 0.29) is 44.6 Å². The molecule has 0 atom stereocenters. The predicted octanol–water partition coefficient (Wildman–Crippen LogP) is 30.6. The number of rotatable bonds is 0. The van der Waals surface area contributed by atoms with E-state index in [2.05, 4.69) is 229 Å². The highest BCUT2D eigenvalue weighted by molar-refractivity contribution is 6.07. The molecule has 0 amide bonds. The van der Waals surface area contributed by atoms with Crippen molar-refractivity contribution >= 4 is 152 Å². The van der Waals surface area contributed by atoms with Gasteiger partial charge in [-0.2, -0.15) is 0 Å². The van der Waals surface area contributed by atoms with Crippen molar-refractivity contribution in [1.82, 2.24) is 64.8 Å². The van der Waals surface area contributed by atoms with Crippen molar-refractivity contribution in [3.05, 3.63) is 493 Å². The number of para-hydroxylation sites is 8. The maximum Gasteiger partial charge on any atom is 0.0964 e. The Hall–Kier alpha value is -16.8. The molecule has 0 fully saturated rings. The minimum atomic E-state index is 0. The van der Waals surface area contributed by atoms with Crippen LogP contribution in [0.25, 0.3) is 152 Å². The van der Waals surface area contributed by atoms with Crippen LogP contribution in [0, 0.1) is 0 Å².